The van der Waals surface area contributed by atoms with Crippen LogP contribution in [-0.2, 0) is 6.42 Å². The monoisotopic (exact) mass is 336 g/mol. The Labute approximate surface area is 126 Å². The molecule has 0 saturated heterocycles. The van der Waals surface area contributed by atoms with Crippen molar-refractivity contribution < 1.29 is 4.74 Å². The van der Waals surface area contributed by atoms with Gasteiger partial charge in [-0.2, -0.15) is 0 Å². The third kappa shape index (κ3) is 3.01. The molecular formula is C14H17BrN4O. The highest BCUT2D eigenvalue weighted by Crippen LogP contribution is 2.30. The highest BCUT2D eigenvalue weighted by atomic mass is 79.9. The van der Waals surface area contributed by atoms with E-state index in [2.05, 4.69) is 43.5 Å². The predicted molar refractivity (Wildman–Crippen MR) is 84.9 cm³/mol. The highest BCUT2D eigenvalue weighted by molar-refractivity contribution is 9.10. The zero-order valence-electron chi connectivity index (χ0n) is 11.7. The second kappa shape index (κ2) is 6.56. The lowest BCUT2D eigenvalue weighted by Crippen LogP contribution is -2.04. The van der Waals surface area contributed by atoms with Gasteiger partial charge in [0.1, 0.15) is 23.7 Å². The number of benzene rings is 1. The van der Waals surface area contributed by atoms with Crippen LogP contribution in [-0.4, -0.2) is 24.1 Å². The fourth-order valence-electron chi connectivity index (χ4n) is 1.94. The molecule has 1 aromatic carbocycles. The van der Waals surface area contributed by atoms with E-state index in [-0.39, 0.29) is 0 Å². The van der Waals surface area contributed by atoms with E-state index in [0.29, 0.717) is 0 Å². The Hall–Kier alpha value is -1.82. The number of rotatable bonds is 5. The quantitative estimate of drug-likeness (QED) is 0.873. The molecule has 1 heterocycles. The molecule has 0 amide bonds. The number of halogens is 1. The van der Waals surface area contributed by atoms with E-state index in [1.807, 2.05) is 25.2 Å². The first kappa shape index (κ1) is 14.6. The van der Waals surface area contributed by atoms with E-state index in [1.165, 1.54) is 0 Å². The van der Waals surface area contributed by atoms with Gasteiger partial charge in [0.05, 0.1) is 11.6 Å². The molecule has 0 bridgehead atoms. The number of methoxy groups -OCH3 is 1. The lowest BCUT2D eigenvalue weighted by Gasteiger charge is -2.13. The predicted octanol–water partition coefficient (Wildman–Crippen LogP) is 3.60. The molecule has 0 atom stereocenters. The van der Waals surface area contributed by atoms with E-state index in [9.17, 15) is 0 Å². The molecular weight excluding hydrogens is 320 g/mol. The third-order valence-electron chi connectivity index (χ3n) is 2.95. The minimum Gasteiger partial charge on any atom is -0.495 e. The van der Waals surface area contributed by atoms with Crippen LogP contribution in [0.1, 0.15) is 12.5 Å². The topological polar surface area (TPSA) is 59.1 Å². The van der Waals surface area contributed by atoms with Gasteiger partial charge in [-0.15, -0.1) is 0 Å². The van der Waals surface area contributed by atoms with Gasteiger partial charge in [0.2, 0.25) is 0 Å². The number of hydrogen-bond donors (Lipinski definition) is 2. The van der Waals surface area contributed by atoms with Gasteiger partial charge >= 0.3 is 0 Å². The van der Waals surface area contributed by atoms with Gasteiger partial charge < -0.3 is 15.4 Å². The maximum atomic E-state index is 5.29. The Bertz CT molecular complexity index is 604. The average Bonchev–Trinajstić information content (AvgIpc) is 2.48. The van der Waals surface area contributed by atoms with Gasteiger partial charge in [-0.05, 0) is 34.5 Å². The average molecular weight is 337 g/mol. The van der Waals surface area contributed by atoms with Crippen molar-refractivity contribution in [2.24, 2.45) is 0 Å². The lowest BCUT2D eigenvalue weighted by atomic mass is 10.2. The molecule has 2 aromatic rings. The van der Waals surface area contributed by atoms with Crippen LogP contribution < -0.4 is 15.4 Å². The molecule has 6 heteroatoms. The first-order valence-corrected chi connectivity index (χ1v) is 7.11. The first-order valence-electron chi connectivity index (χ1n) is 6.31. The molecule has 2 rings (SSSR count). The Morgan fingerprint density at radius 3 is 2.65 bits per heavy atom. The van der Waals surface area contributed by atoms with Crippen LogP contribution in [0.25, 0.3) is 0 Å². The minimum absolute atomic E-state index is 0.774. The summed E-state index contributed by atoms with van der Waals surface area (Å²) in [7, 11) is 3.50. The number of hydrogen-bond acceptors (Lipinski definition) is 5. The molecule has 0 fully saturated rings. The molecule has 106 valence electrons. The van der Waals surface area contributed by atoms with Gasteiger partial charge in [0, 0.05) is 24.4 Å². The normalized spacial score (nSPS) is 10.2. The van der Waals surface area contributed by atoms with E-state index in [0.717, 1.165) is 39.5 Å². The molecule has 0 saturated carbocycles. The van der Waals surface area contributed by atoms with Crippen LogP contribution in [0.5, 0.6) is 5.75 Å². The van der Waals surface area contributed by atoms with E-state index in [1.54, 1.807) is 13.4 Å². The van der Waals surface area contributed by atoms with Crippen LogP contribution in [0, 0.1) is 0 Å². The van der Waals surface area contributed by atoms with Crippen molar-refractivity contribution in [1.82, 2.24) is 9.97 Å². The molecule has 0 aliphatic rings. The molecule has 0 radical (unpaired) electrons. The van der Waals surface area contributed by atoms with Crippen LogP contribution >= 0.6 is 15.9 Å². The minimum atomic E-state index is 0.774. The fourth-order valence-corrected chi connectivity index (χ4v) is 2.35. The summed E-state index contributed by atoms with van der Waals surface area (Å²) in [5.41, 5.74) is 1.97. The molecule has 0 aliphatic heterocycles. The summed E-state index contributed by atoms with van der Waals surface area (Å²) in [6.45, 7) is 2.08. The van der Waals surface area contributed by atoms with Crippen molar-refractivity contribution in [1.29, 1.82) is 0 Å². The standard InChI is InChI=1S/C14H17BrN4O/c1-4-10-13(16-2)17-8-18-14(10)19-9-5-6-11(15)12(7-9)20-3/h5-8H,4H2,1-3H3,(H2,16,17,18,19). The Morgan fingerprint density at radius 1 is 1.25 bits per heavy atom. The van der Waals surface area contributed by atoms with Crippen LogP contribution in [0.15, 0.2) is 29.0 Å². The zero-order valence-corrected chi connectivity index (χ0v) is 13.3. The summed E-state index contributed by atoms with van der Waals surface area (Å²) in [5.74, 6) is 2.42. The second-order valence-corrected chi connectivity index (χ2v) is 4.98. The maximum absolute atomic E-state index is 5.29. The van der Waals surface area contributed by atoms with Crippen molar-refractivity contribution in [2.45, 2.75) is 13.3 Å². The van der Waals surface area contributed by atoms with Crippen molar-refractivity contribution in [3.8, 4) is 5.75 Å². The summed E-state index contributed by atoms with van der Waals surface area (Å²) >= 11 is 3.44. The van der Waals surface area contributed by atoms with Crippen molar-refractivity contribution in [2.75, 3.05) is 24.8 Å². The highest BCUT2D eigenvalue weighted by Gasteiger charge is 2.09. The molecule has 0 unspecified atom stereocenters. The third-order valence-corrected chi connectivity index (χ3v) is 3.60. The fraction of sp³-hybridized carbons (Fsp3) is 0.286. The van der Waals surface area contributed by atoms with Crippen LogP contribution in [0.3, 0.4) is 0 Å². The van der Waals surface area contributed by atoms with Gasteiger partial charge in [0.15, 0.2) is 0 Å². The lowest BCUT2D eigenvalue weighted by molar-refractivity contribution is 0.412. The number of anilines is 3. The molecule has 20 heavy (non-hydrogen) atoms. The van der Waals surface area contributed by atoms with Crippen molar-refractivity contribution in [3.05, 3.63) is 34.6 Å². The summed E-state index contributed by atoms with van der Waals surface area (Å²) in [6, 6.07) is 5.82. The SMILES string of the molecule is CCc1c(NC)ncnc1Nc1ccc(Br)c(OC)c1. The summed E-state index contributed by atoms with van der Waals surface area (Å²) in [5, 5.41) is 6.39. The molecule has 1 aromatic heterocycles. The first-order chi connectivity index (χ1) is 9.69. The maximum Gasteiger partial charge on any atom is 0.139 e. The molecule has 0 aliphatic carbocycles. The van der Waals surface area contributed by atoms with Gasteiger partial charge in [-0.25, -0.2) is 9.97 Å². The van der Waals surface area contributed by atoms with Crippen molar-refractivity contribution in [3.63, 3.8) is 0 Å². The van der Waals surface area contributed by atoms with E-state index in [4.69, 9.17) is 4.74 Å². The summed E-state index contributed by atoms with van der Waals surface area (Å²) in [4.78, 5) is 8.54. The van der Waals surface area contributed by atoms with Gasteiger partial charge in [-0.1, -0.05) is 6.92 Å². The van der Waals surface area contributed by atoms with E-state index >= 15 is 0 Å². The largest absolute Gasteiger partial charge is 0.495 e. The summed E-state index contributed by atoms with van der Waals surface area (Å²) < 4.78 is 6.21. The molecule has 2 N–H and O–H groups in total. The number of aromatic nitrogens is 2. The van der Waals surface area contributed by atoms with Crippen LogP contribution in [0.4, 0.5) is 17.3 Å². The number of ether oxygens (including phenoxy) is 1. The van der Waals surface area contributed by atoms with Crippen LogP contribution in [0.2, 0.25) is 0 Å². The molecule has 5 nitrogen and oxygen atoms in total. The number of nitrogens with one attached hydrogen (secondary N) is 2. The zero-order chi connectivity index (χ0) is 14.5. The Balaban J connectivity index is 2.34. The Kier molecular flexibility index (Phi) is 4.79. The van der Waals surface area contributed by atoms with Gasteiger partial charge in [0.25, 0.3) is 0 Å². The Morgan fingerprint density at radius 2 is 2.00 bits per heavy atom. The second-order valence-electron chi connectivity index (χ2n) is 4.13. The number of nitrogens with zero attached hydrogens (tertiary/aromatic N) is 2. The van der Waals surface area contributed by atoms with Gasteiger partial charge in [-0.3, -0.25) is 0 Å². The summed E-state index contributed by atoms with van der Waals surface area (Å²) in [6.07, 6.45) is 2.39. The van der Waals surface area contributed by atoms with E-state index < -0.39 is 0 Å². The van der Waals surface area contributed by atoms with Crippen molar-refractivity contribution >= 4 is 33.3 Å². The molecule has 0 spiro atoms. The smallest absolute Gasteiger partial charge is 0.139 e.